The van der Waals surface area contributed by atoms with Gasteiger partial charge in [0, 0.05) is 0 Å². The van der Waals surface area contributed by atoms with Gasteiger partial charge in [0.25, 0.3) is 0 Å². The second-order valence-corrected chi connectivity index (χ2v) is 6.56. The van der Waals surface area contributed by atoms with E-state index in [2.05, 4.69) is 0 Å². The number of ether oxygens (including phenoxy) is 1. The predicted molar refractivity (Wildman–Crippen MR) is 64.8 cm³/mol. The first kappa shape index (κ1) is 13.0. The molecule has 0 aromatic carbocycles. The molecule has 0 fully saturated rings. The number of hydrogen-bond donors (Lipinski definition) is 0. The van der Waals surface area contributed by atoms with Crippen molar-refractivity contribution in [2.24, 2.45) is 10.8 Å². The number of esters is 1. The standard InChI is InChI=1S/C14H18O4/c1-12(2)8-7(14(5,6)18-10(8)16)9(15)13(3,4)11(12)17/h1-6H3. The van der Waals surface area contributed by atoms with E-state index in [9.17, 15) is 14.4 Å². The van der Waals surface area contributed by atoms with Crippen LogP contribution < -0.4 is 0 Å². The highest BCUT2D eigenvalue weighted by molar-refractivity contribution is 6.25. The van der Waals surface area contributed by atoms with E-state index in [1.807, 2.05) is 0 Å². The maximum atomic E-state index is 12.5. The molecule has 0 radical (unpaired) electrons. The van der Waals surface area contributed by atoms with Crippen LogP contribution in [-0.2, 0) is 19.1 Å². The summed E-state index contributed by atoms with van der Waals surface area (Å²) in [5, 5.41) is 0. The highest BCUT2D eigenvalue weighted by Crippen LogP contribution is 2.51. The zero-order chi connectivity index (χ0) is 14.1. The summed E-state index contributed by atoms with van der Waals surface area (Å²) in [7, 11) is 0. The molecule has 4 nitrogen and oxygen atoms in total. The van der Waals surface area contributed by atoms with E-state index in [4.69, 9.17) is 4.74 Å². The number of Topliss-reactive ketones (excluding diaryl/α,β-unsaturated/α-hetero) is 2. The molecule has 0 spiro atoms. The summed E-state index contributed by atoms with van der Waals surface area (Å²) in [6.45, 7) is 9.97. The van der Waals surface area contributed by atoms with Crippen LogP contribution in [0.3, 0.4) is 0 Å². The van der Waals surface area contributed by atoms with E-state index in [1.165, 1.54) is 0 Å². The molecule has 0 aromatic heterocycles. The minimum Gasteiger partial charge on any atom is -0.451 e. The molecule has 2 rings (SSSR count). The minimum absolute atomic E-state index is 0.228. The van der Waals surface area contributed by atoms with Crippen LogP contribution >= 0.6 is 0 Å². The Hall–Kier alpha value is -1.45. The van der Waals surface area contributed by atoms with Crippen molar-refractivity contribution in [2.75, 3.05) is 0 Å². The van der Waals surface area contributed by atoms with Crippen molar-refractivity contribution in [3.05, 3.63) is 11.1 Å². The average Bonchev–Trinajstić information content (AvgIpc) is 2.44. The van der Waals surface area contributed by atoms with Crippen molar-refractivity contribution in [2.45, 2.75) is 47.1 Å². The van der Waals surface area contributed by atoms with Gasteiger partial charge in [-0.15, -0.1) is 0 Å². The Labute approximate surface area is 106 Å². The lowest BCUT2D eigenvalue weighted by Gasteiger charge is -2.38. The molecule has 0 bridgehead atoms. The molecule has 4 heteroatoms. The van der Waals surface area contributed by atoms with E-state index >= 15 is 0 Å². The molecular weight excluding hydrogens is 232 g/mol. The molecule has 0 saturated carbocycles. The molecule has 1 aliphatic heterocycles. The number of cyclic esters (lactones) is 1. The lowest BCUT2D eigenvalue weighted by molar-refractivity contribution is -0.147. The van der Waals surface area contributed by atoms with Crippen LogP contribution in [0.5, 0.6) is 0 Å². The second kappa shape index (κ2) is 3.11. The molecule has 1 aliphatic carbocycles. The highest BCUT2D eigenvalue weighted by atomic mass is 16.6. The van der Waals surface area contributed by atoms with Crippen molar-refractivity contribution in [3.63, 3.8) is 0 Å². The summed E-state index contributed by atoms with van der Waals surface area (Å²) in [6.07, 6.45) is 0. The molecule has 18 heavy (non-hydrogen) atoms. The Kier molecular flexibility index (Phi) is 2.24. The zero-order valence-corrected chi connectivity index (χ0v) is 11.6. The van der Waals surface area contributed by atoms with Crippen LogP contribution in [0.25, 0.3) is 0 Å². The topological polar surface area (TPSA) is 60.4 Å². The summed E-state index contributed by atoms with van der Waals surface area (Å²) in [6, 6.07) is 0. The number of hydrogen-bond acceptors (Lipinski definition) is 4. The van der Waals surface area contributed by atoms with Gasteiger partial charge in [-0.2, -0.15) is 0 Å². The summed E-state index contributed by atoms with van der Waals surface area (Å²) in [5.74, 6) is -1.07. The van der Waals surface area contributed by atoms with Crippen LogP contribution in [0.1, 0.15) is 41.5 Å². The normalized spacial score (nSPS) is 28.2. The van der Waals surface area contributed by atoms with Gasteiger partial charge < -0.3 is 4.74 Å². The molecule has 98 valence electrons. The first-order valence-electron chi connectivity index (χ1n) is 6.02. The van der Waals surface area contributed by atoms with Gasteiger partial charge in [-0.25, -0.2) is 4.79 Å². The molecule has 0 amide bonds. The number of ketones is 2. The van der Waals surface area contributed by atoms with E-state index in [0.29, 0.717) is 5.57 Å². The van der Waals surface area contributed by atoms with Gasteiger partial charge in [0.15, 0.2) is 11.6 Å². The van der Waals surface area contributed by atoms with Crippen LogP contribution in [0.4, 0.5) is 0 Å². The monoisotopic (exact) mass is 250 g/mol. The number of rotatable bonds is 0. The van der Waals surface area contributed by atoms with Gasteiger partial charge >= 0.3 is 5.97 Å². The highest BCUT2D eigenvalue weighted by Gasteiger charge is 2.61. The third kappa shape index (κ3) is 1.29. The van der Waals surface area contributed by atoms with Gasteiger partial charge in [0.2, 0.25) is 0 Å². The smallest absolute Gasteiger partial charge is 0.336 e. The van der Waals surface area contributed by atoms with Crippen molar-refractivity contribution >= 4 is 17.5 Å². The molecule has 0 unspecified atom stereocenters. The Balaban J connectivity index is 2.82. The van der Waals surface area contributed by atoms with E-state index in [0.717, 1.165) is 0 Å². The molecule has 0 saturated heterocycles. The molecule has 1 heterocycles. The maximum Gasteiger partial charge on any atom is 0.336 e. The SMILES string of the molecule is CC1(C)OC(=O)C2=C1C(=O)C(C)(C)C(=O)C2(C)C. The molecule has 2 aliphatic rings. The minimum atomic E-state index is -1.10. The Bertz CT molecular complexity index is 518. The van der Waals surface area contributed by atoms with Crippen LogP contribution in [0, 0.1) is 10.8 Å². The molecule has 0 aromatic rings. The summed E-state index contributed by atoms with van der Waals surface area (Å²) in [4.78, 5) is 36.8. The summed E-state index contributed by atoms with van der Waals surface area (Å²) >= 11 is 0. The summed E-state index contributed by atoms with van der Waals surface area (Å²) < 4.78 is 5.26. The number of carbonyl (C=O) groups excluding carboxylic acids is 3. The van der Waals surface area contributed by atoms with Crippen LogP contribution in [0.15, 0.2) is 11.1 Å². The van der Waals surface area contributed by atoms with Crippen LogP contribution in [0.2, 0.25) is 0 Å². The molecule has 0 N–H and O–H groups in total. The van der Waals surface area contributed by atoms with Gasteiger partial charge in [-0.05, 0) is 41.5 Å². The quantitative estimate of drug-likeness (QED) is 0.486. The average molecular weight is 250 g/mol. The van der Waals surface area contributed by atoms with E-state index in [1.54, 1.807) is 41.5 Å². The van der Waals surface area contributed by atoms with Gasteiger partial charge in [0.05, 0.1) is 22.0 Å². The first-order valence-corrected chi connectivity index (χ1v) is 6.02. The zero-order valence-electron chi connectivity index (χ0n) is 11.6. The third-order valence-electron chi connectivity index (χ3n) is 3.96. The van der Waals surface area contributed by atoms with Crippen molar-refractivity contribution < 1.29 is 19.1 Å². The fourth-order valence-corrected chi connectivity index (χ4v) is 3.00. The Morgan fingerprint density at radius 3 is 1.78 bits per heavy atom. The van der Waals surface area contributed by atoms with Gasteiger partial charge in [0.1, 0.15) is 5.60 Å². The third-order valence-corrected chi connectivity index (χ3v) is 3.96. The van der Waals surface area contributed by atoms with Crippen molar-refractivity contribution in [1.29, 1.82) is 0 Å². The Morgan fingerprint density at radius 1 is 0.778 bits per heavy atom. The lowest BCUT2D eigenvalue weighted by Crippen LogP contribution is -2.50. The summed E-state index contributed by atoms with van der Waals surface area (Å²) in [5.41, 5.74) is -2.42. The fraction of sp³-hybridized carbons (Fsp3) is 0.643. The molecule has 0 atom stereocenters. The Morgan fingerprint density at radius 2 is 1.28 bits per heavy atom. The van der Waals surface area contributed by atoms with Crippen LogP contribution in [-0.4, -0.2) is 23.1 Å². The largest absolute Gasteiger partial charge is 0.451 e. The molecular formula is C14H18O4. The van der Waals surface area contributed by atoms with Crippen molar-refractivity contribution in [3.8, 4) is 0 Å². The maximum absolute atomic E-state index is 12.5. The van der Waals surface area contributed by atoms with Gasteiger partial charge in [-0.1, -0.05) is 0 Å². The second-order valence-electron chi connectivity index (χ2n) is 6.56. The lowest BCUT2D eigenvalue weighted by atomic mass is 9.59. The van der Waals surface area contributed by atoms with Gasteiger partial charge in [-0.3, -0.25) is 9.59 Å². The van der Waals surface area contributed by atoms with E-state index < -0.39 is 22.4 Å². The first-order chi connectivity index (χ1) is 7.94. The predicted octanol–water partition coefficient (Wildman–Crippen LogP) is 1.82. The fourth-order valence-electron chi connectivity index (χ4n) is 3.00. The number of carbonyl (C=O) groups is 3. The van der Waals surface area contributed by atoms with E-state index in [-0.39, 0.29) is 17.1 Å². The van der Waals surface area contributed by atoms with Crippen molar-refractivity contribution in [1.82, 2.24) is 0 Å².